The minimum Gasteiger partial charge on any atom is -0.507 e. The van der Waals surface area contributed by atoms with Gasteiger partial charge in [0, 0.05) is 10.6 Å². The third-order valence-electron chi connectivity index (χ3n) is 6.29. The lowest BCUT2D eigenvalue weighted by Crippen LogP contribution is -2.29. The van der Waals surface area contributed by atoms with Gasteiger partial charge in [-0.3, -0.25) is 14.5 Å². The molecule has 4 aromatic rings. The number of fused-ring (bicyclic) bond motifs is 2. The molecule has 192 valence electrons. The molecule has 8 nitrogen and oxygen atoms in total. The highest BCUT2D eigenvalue weighted by molar-refractivity contribution is 7.22. The average molecular weight is 549 g/mol. The molecule has 1 amide bonds. The maximum absolute atomic E-state index is 13.5. The number of halogens is 1. The van der Waals surface area contributed by atoms with E-state index < -0.39 is 17.7 Å². The Morgan fingerprint density at radius 1 is 1.11 bits per heavy atom. The van der Waals surface area contributed by atoms with Crippen LogP contribution in [0, 0.1) is 0 Å². The van der Waals surface area contributed by atoms with Gasteiger partial charge < -0.3 is 19.3 Å². The number of rotatable bonds is 5. The van der Waals surface area contributed by atoms with Crippen LogP contribution in [0.5, 0.6) is 17.2 Å². The molecule has 0 aliphatic carbocycles. The zero-order chi connectivity index (χ0) is 26.4. The van der Waals surface area contributed by atoms with Crippen molar-refractivity contribution < 1.29 is 28.9 Å². The van der Waals surface area contributed by atoms with Crippen LogP contribution in [0.3, 0.4) is 0 Å². The van der Waals surface area contributed by atoms with E-state index in [1.54, 1.807) is 54.6 Å². The number of amides is 1. The van der Waals surface area contributed by atoms with Crippen LogP contribution in [0.15, 0.2) is 66.2 Å². The van der Waals surface area contributed by atoms with E-state index in [1.165, 1.54) is 16.2 Å². The normalized spacial score (nSPS) is 18.3. The van der Waals surface area contributed by atoms with Gasteiger partial charge in [0.15, 0.2) is 16.6 Å². The van der Waals surface area contributed by atoms with E-state index in [0.29, 0.717) is 63.9 Å². The van der Waals surface area contributed by atoms with Crippen molar-refractivity contribution in [1.29, 1.82) is 0 Å². The highest BCUT2D eigenvalue weighted by atomic mass is 35.5. The lowest BCUT2D eigenvalue weighted by molar-refractivity contribution is -0.132. The van der Waals surface area contributed by atoms with Gasteiger partial charge in [0.2, 0.25) is 0 Å². The van der Waals surface area contributed by atoms with Gasteiger partial charge in [-0.2, -0.15) is 0 Å². The fraction of sp³-hybridized carbons (Fsp3) is 0.179. The maximum Gasteiger partial charge on any atom is 0.301 e. The lowest BCUT2D eigenvalue weighted by Gasteiger charge is -2.23. The first-order valence-electron chi connectivity index (χ1n) is 11.9. The number of hydrogen-bond donors (Lipinski definition) is 1. The van der Waals surface area contributed by atoms with Gasteiger partial charge in [-0.25, -0.2) is 4.98 Å². The molecular formula is C28H21ClN2O6S. The van der Waals surface area contributed by atoms with Gasteiger partial charge in [-0.1, -0.05) is 35.1 Å². The summed E-state index contributed by atoms with van der Waals surface area (Å²) < 4.78 is 17.6. The van der Waals surface area contributed by atoms with E-state index in [-0.39, 0.29) is 11.3 Å². The van der Waals surface area contributed by atoms with Crippen LogP contribution in [-0.2, 0) is 9.59 Å². The summed E-state index contributed by atoms with van der Waals surface area (Å²) in [5.74, 6) is -0.268. The molecule has 10 heteroatoms. The Bertz CT molecular complexity index is 1630. The summed E-state index contributed by atoms with van der Waals surface area (Å²) in [4.78, 5) is 32.9. The number of Topliss-reactive ketones (excluding diaryl/α,β-unsaturated/α-hetero) is 1. The summed E-state index contributed by atoms with van der Waals surface area (Å²) in [6.07, 6.45) is 0. The Balaban J connectivity index is 1.51. The summed E-state index contributed by atoms with van der Waals surface area (Å²) in [5, 5.41) is 12.2. The summed E-state index contributed by atoms with van der Waals surface area (Å²) >= 11 is 7.56. The van der Waals surface area contributed by atoms with Crippen LogP contribution in [0.2, 0.25) is 5.02 Å². The van der Waals surface area contributed by atoms with E-state index in [2.05, 4.69) is 4.98 Å². The first-order chi connectivity index (χ1) is 18.4. The van der Waals surface area contributed by atoms with Crippen molar-refractivity contribution in [1.82, 2.24) is 4.98 Å². The molecule has 0 radical (unpaired) electrons. The number of carbonyl (C=O) groups excluding carboxylic acids is 2. The highest BCUT2D eigenvalue weighted by Crippen LogP contribution is 2.45. The largest absolute Gasteiger partial charge is 0.507 e. The number of hydrogen-bond acceptors (Lipinski definition) is 8. The van der Waals surface area contributed by atoms with Crippen molar-refractivity contribution in [3.63, 3.8) is 0 Å². The zero-order valence-electron chi connectivity index (χ0n) is 20.1. The van der Waals surface area contributed by atoms with Crippen molar-refractivity contribution in [2.24, 2.45) is 0 Å². The SMILES string of the molecule is CCOc1ccc2nc(N3C(=O)C(=O)/C(=C(/O)c4ccc5c(c4)OCCO5)C3c3cccc(Cl)c3)sc2c1. The summed E-state index contributed by atoms with van der Waals surface area (Å²) in [6.45, 7) is 3.20. The Morgan fingerprint density at radius 2 is 1.92 bits per heavy atom. The summed E-state index contributed by atoms with van der Waals surface area (Å²) in [7, 11) is 0. The lowest BCUT2D eigenvalue weighted by atomic mass is 9.95. The van der Waals surface area contributed by atoms with E-state index in [1.807, 2.05) is 13.0 Å². The minimum atomic E-state index is -0.950. The van der Waals surface area contributed by atoms with E-state index >= 15 is 0 Å². The van der Waals surface area contributed by atoms with Gasteiger partial charge >= 0.3 is 5.91 Å². The van der Waals surface area contributed by atoms with Gasteiger partial charge in [-0.15, -0.1) is 0 Å². The summed E-state index contributed by atoms with van der Waals surface area (Å²) in [5.41, 5.74) is 1.48. The van der Waals surface area contributed by atoms with Gasteiger partial charge in [0.1, 0.15) is 24.7 Å². The molecule has 0 saturated carbocycles. The molecule has 1 unspecified atom stereocenters. The molecule has 1 saturated heterocycles. The van der Waals surface area contributed by atoms with Crippen molar-refractivity contribution >= 4 is 55.7 Å². The van der Waals surface area contributed by atoms with E-state index in [4.69, 9.17) is 25.8 Å². The molecule has 2 aliphatic heterocycles. The Morgan fingerprint density at radius 3 is 2.71 bits per heavy atom. The average Bonchev–Trinajstić information content (AvgIpc) is 3.46. The minimum absolute atomic E-state index is 0.0665. The Kier molecular flexibility index (Phi) is 6.17. The predicted octanol–water partition coefficient (Wildman–Crippen LogP) is 5.75. The van der Waals surface area contributed by atoms with Crippen molar-refractivity contribution in [2.45, 2.75) is 13.0 Å². The first kappa shape index (κ1) is 24.3. The Labute approximate surface area is 226 Å². The molecule has 1 N–H and O–H groups in total. The topological polar surface area (TPSA) is 98.2 Å². The molecular weight excluding hydrogens is 528 g/mol. The van der Waals surface area contributed by atoms with Crippen LogP contribution < -0.4 is 19.1 Å². The summed E-state index contributed by atoms with van der Waals surface area (Å²) in [6, 6.07) is 16.2. The zero-order valence-corrected chi connectivity index (χ0v) is 21.7. The number of nitrogens with zero attached hydrogens (tertiary/aromatic N) is 2. The molecule has 0 bridgehead atoms. The van der Waals surface area contributed by atoms with Crippen LogP contribution in [0.1, 0.15) is 24.1 Å². The van der Waals surface area contributed by atoms with E-state index in [9.17, 15) is 14.7 Å². The number of aromatic nitrogens is 1. The fourth-order valence-electron chi connectivity index (χ4n) is 4.62. The number of benzene rings is 3. The molecule has 0 spiro atoms. The second-order valence-electron chi connectivity index (χ2n) is 8.64. The highest BCUT2D eigenvalue weighted by Gasteiger charge is 2.48. The van der Waals surface area contributed by atoms with Crippen LogP contribution in [0.4, 0.5) is 5.13 Å². The van der Waals surface area contributed by atoms with Crippen molar-refractivity contribution in [3.05, 3.63) is 82.4 Å². The number of carbonyl (C=O) groups is 2. The smallest absolute Gasteiger partial charge is 0.301 e. The molecule has 1 fully saturated rings. The molecule has 2 aliphatic rings. The van der Waals surface area contributed by atoms with Crippen LogP contribution >= 0.6 is 22.9 Å². The second kappa shape index (κ2) is 9.66. The third-order valence-corrected chi connectivity index (χ3v) is 7.54. The molecule has 3 heterocycles. The number of ether oxygens (including phenoxy) is 3. The maximum atomic E-state index is 13.5. The van der Waals surface area contributed by atoms with Crippen LogP contribution in [0.25, 0.3) is 16.0 Å². The fourth-order valence-corrected chi connectivity index (χ4v) is 5.84. The number of thiazole rings is 1. The molecule has 6 rings (SSSR count). The van der Waals surface area contributed by atoms with Gasteiger partial charge in [0.05, 0.1) is 28.4 Å². The van der Waals surface area contributed by atoms with Crippen molar-refractivity contribution in [2.75, 3.05) is 24.7 Å². The predicted molar refractivity (Wildman–Crippen MR) is 144 cm³/mol. The monoisotopic (exact) mass is 548 g/mol. The quantitative estimate of drug-likeness (QED) is 0.193. The molecule has 3 aromatic carbocycles. The number of aliphatic hydroxyl groups excluding tert-OH is 1. The number of anilines is 1. The van der Waals surface area contributed by atoms with Gasteiger partial charge in [-0.05, 0) is 61.0 Å². The third kappa shape index (κ3) is 4.13. The first-order valence-corrected chi connectivity index (χ1v) is 13.1. The molecule has 1 aromatic heterocycles. The molecule has 38 heavy (non-hydrogen) atoms. The second-order valence-corrected chi connectivity index (χ2v) is 10.1. The number of ketones is 1. The van der Waals surface area contributed by atoms with Crippen LogP contribution in [-0.4, -0.2) is 41.6 Å². The Hall–Kier alpha value is -4.08. The molecule has 1 atom stereocenters. The standard InChI is InChI=1S/C28H21ClN2O6S/c1-2-35-18-7-8-19-22(14-18)38-28(30-19)31-24(15-4-3-5-17(29)12-15)23(26(33)27(31)34)25(32)16-6-9-20-21(13-16)37-11-10-36-20/h3-9,12-14,24,32H,2,10-11H2,1H3/b25-23+. The van der Waals surface area contributed by atoms with Crippen molar-refractivity contribution in [3.8, 4) is 17.2 Å². The number of aliphatic hydroxyl groups is 1. The van der Waals surface area contributed by atoms with Gasteiger partial charge in [0.25, 0.3) is 5.78 Å². The van der Waals surface area contributed by atoms with E-state index in [0.717, 1.165) is 4.70 Å².